The maximum atomic E-state index is 12.8. The fourth-order valence-corrected chi connectivity index (χ4v) is 1.70. The highest BCUT2D eigenvalue weighted by atomic mass is 32.1. The van der Waals surface area contributed by atoms with Crippen LogP contribution >= 0.6 is 11.5 Å². The van der Waals surface area contributed by atoms with Crippen molar-refractivity contribution in [2.45, 2.75) is 6.92 Å². The van der Waals surface area contributed by atoms with Crippen LogP contribution in [0.2, 0.25) is 0 Å². The van der Waals surface area contributed by atoms with Crippen LogP contribution < -0.4 is 5.32 Å². The number of nitrogens with one attached hydrogen (secondary N) is 1. The van der Waals surface area contributed by atoms with Gasteiger partial charge in [-0.05, 0) is 30.7 Å². The number of anilines is 1. The summed E-state index contributed by atoms with van der Waals surface area (Å²) in [5.41, 5.74) is 1.03. The van der Waals surface area contributed by atoms with E-state index in [0.29, 0.717) is 16.1 Å². The third-order valence-electron chi connectivity index (χ3n) is 2.03. The first kappa shape index (κ1) is 10.7. The van der Waals surface area contributed by atoms with E-state index in [9.17, 15) is 9.18 Å². The summed E-state index contributed by atoms with van der Waals surface area (Å²) >= 11 is 1.09. The quantitative estimate of drug-likeness (QED) is 0.871. The summed E-state index contributed by atoms with van der Waals surface area (Å²) in [6, 6.07) is 4.03. The third-order valence-corrected chi connectivity index (χ3v) is 2.61. The van der Waals surface area contributed by atoms with Crippen molar-refractivity contribution in [2.75, 3.05) is 5.32 Å². The van der Waals surface area contributed by atoms with Gasteiger partial charge >= 0.3 is 0 Å². The van der Waals surface area contributed by atoms with E-state index in [1.165, 1.54) is 24.4 Å². The third kappa shape index (κ3) is 2.22. The number of rotatable bonds is 2. The Morgan fingerprint density at radius 3 is 2.94 bits per heavy atom. The van der Waals surface area contributed by atoms with Crippen LogP contribution in [0.4, 0.5) is 9.39 Å². The van der Waals surface area contributed by atoms with Crippen LogP contribution in [0.3, 0.4) is 0 Å². The molecule has 6 heteroatoms. The Hall–Kier alpha value is -1.82. The van der Waals surface area contributed by atoms with E-state index >= 15 is 0 Å². The monoisotopic (exact) mass is 237 g/mol. The van der Waals surface area contributed by atoms with Crippen molar-refractivity contribution >= 4 is 22.4 Å². The van der Waals surface area contributed by atoms with Gasteiger partial charge in [0.05, 0.1) is 6.20 Å². The fraction of sp³-hybridized carbons (Fsp3) is 0.100. The summed E-state index contributed by atoms with van der Waals surface area (Å²) in [4.78, 5) is 11.8. The van der Waals surface area contributed by atoms with Crippen molar-refractivity contribution in [3.8, 4) is 0 Å². The molecule has 0 aliphatic heterocycles. The Morgan fingerprint density at radius 1 is 1.50 bits per heavy atom. The number of halogens is 1. The van der Waals surface area contributed by atoms with Crippen molar-refractivity contribution in [2.24, 2.45) is 0 Å². The SMILES string of the molecule is Cc1cc(F)ccc1C(=O)Nc1cnns1. The van der Waals surface area contributed by atoms with Gasteiger partial charge in [-0.25, -0.2) is 4.39 Å². The highest BCUT2D eigenvalue weighted by molar-refractivity contribution is 7.10. The summed E-state index contributed by atoms with van der Waals surface area (Å²) in [5, 5.41) is 6.79. The Balaban J connectivity index is 2.21. The van der Waals surface area contributed by atoms with Gasteiger partial charge in [0.25, 0.3) is 5.91 Å². The Morgan fingerprint density at radius 2 is 2.31 bits per heavy atom. The minimum atomic E-state index is -0.353. The lowest BCUT2D eigenvalue weighted by molar-refractivity contribution is 0.102. The molecule has 1 amide bonds. The maximum Gasteiger partial charge on any atom is 0.256 e. The topological polar surface area (TPSA) is 54.9 Å². The first-order valence-electron chi connectivity index (χ1n) is 4.51. The zero-order valence-corrected chi connectivity index (χ0v) is 9.21. The fourth-order valence-electron chi connectivity index (χ4n) is 1.28. The van der Waals surface area contributed by atoms with E-state index in [1.54, 1.807) is 6.92 Å². The summed E-state index contributed by atoms with van der Waals surface area (Å²) < 4.78 is 16.5. The first-order valence-corrected chi connectivity index (χ1v) is 5.29. The second kappa shape index (κ2) is 4.36. The Kier molecular flexibility index (Phi) is 2.91. The number of hydrogen-bond donors (Lipinski definition) is 1. The molecule has 0 spiro atoms. The van der Waals surface area contributed by atoms with Crippen molar-refractivity contribution < 1.29 is 9.18 Å². The molecule has 2 aromatic rings. The molecule has 0 unspecified atom stereocenters. The van der Waals surface area contributed by atoms with Crippen LogP contribution in [0.25, 0.3) is 0 Å². The zero-order chi connectivity index (χ0) is 11.5. The van der Waals surface area contributed by atoms with Crippen LogP contribution in [0.1, 0.15) is 15.9 Å². The van der Waals surface area contributed by atoms with E-state index in [-0.39, 0.29) is 11.7 Å². The molecule has 0 fully saturated rings. The molecule has 1 N–H and O–H groups in total. The molecule has 82 valence electrons. The highest BCUT2D eigenvalue weighted by Crippen LogP contribution is 2.14. The predicted octanol–water partition coefficient (Wildman–Crippen LogP) is 2.24. The van der Waals surface area contributed by atoms with E-state index in [2.05, 4.69) is 14.9 Å². The van der Waals surface area contributed by atoms with Gasteiger partial charge in [-0.3, -0.25) is 4.79 Å². The molecule has 0 bridgehead atoms. The number of aryl methyl sites for hydroxylation is 1. The molecule has 0 saturated heterocycles. The molecule has 0 atom stereocenters. The summed E-state index contributed by atoms with van der Waals surface area (Å²) in [5.74, 6) is -0.642. The molecule has 0 radical (unpaired) electrons. The van der Waals surface area contributed by atoms with Crippen molar-refractivity contribution in [1.29, 1.82) is 0 Å². The average molecular weight is 237 g/mol. The minimum Gasteiger partial charge on any atom is -0.311 e. The second-order valence-electron chi connectivity index (χ2n) is 3.20. The number of nitrogens with zero attached hydrogens (tertiary/aromatic N) is 2. The lowest BCUT2D eigenvalue weighted by Crippen LogP contribution is -2.12. The second-order valence-corrected chi connectivity index (χ2v) is 3.98. The molecular weight excluding hydrogens is 229 g/mol. The zero-order valence-electron chi connectivity index (χ0n) is 8.40. The average Bonchev–Trinajstić information content (AvgIpc) is 2.70. The van der Waals surface area contributed by atoms with E-state index < -0.39 is 0 Å². The van der Waals surface area contributed by atoms with Gasteiger partial charge in [-0.2, -0.15) is 0 Å². The smallest absolute Gasteiger partial charge is 0.256 e. The summed E-state index contributed by atoms with van der Waals surface area (Å²) in [6.45, 7) is 1.68. The number of aromatic nitrogens is 2. The van der Waals surface area contributed by atoms with Crippen LogP contribution in [-0.2, 0) is 0 Å². The van der Waals surface area contributed by atoms with E-state index in [0.717, 1.165) is 11.5 Å². The molecule has 1 heterocycles. The number of hydrogen-bond acceptors (Lipinski definition) is 4. The van der Waals surface area contributed by atoms with Gasteiger partial charge in [-0.15, -0.1) is 5.10 Å². The highest BCUT2D eigenvalue weighted by Gasteiger charge is 2.10. The standard InChI is InChI=1S/C10H8FN3OS/c1-6-4-7(11)2-3-8(6)10(15)13-9-5-12-14-16-9/h2-5H,1H3,(H,13,15). The first-order chi connectivity index (χ1) is 7.66. The number of carbonyl (C=O) groups is 1. The Bertz CT molecular complexity index is 513. The predicted molar refractivity (Wildman–Crippen MR) is 59.0 cm³/mol. The summed E-state index contributed by atoms with van der Waals surface area (Å²) in [6.07, 6.45) is 1.46. The van der Waals surface area contributed by atoms with Crippen molar-refractivity contribution in [1.82, 2.24) is 9.59 Å². The summed E-state index contributed by atoms with van der Waals surface area (Å²) in [7, 11) is 0. The lowest BCUT2D eigenvalue weighted by Gasteiger charge is -2.04. The molecule has 16 heavy (non-hydrogen) atoms. The van der Waals surface area contributed by atoms with Crippen LogP contribution in [0.15, 0.2) is 24.4 Å². The molecule has 1 aromatic carbocycles. The van der Waals surface area contributed by atoms with Gasteiger partial charge in [0.15, 0.2) is 0 Å². The largest absolute Gasteiger partial charge is 0.311 e. The van der Waals surface area contributed by atoms with Crippen LogP contribution in [-0.4, -0.2) is 15.5 Å². The number of benzene rings is 1. The Labute approximate surface area is 95.3 Å². The maximum absolute atomic E-state index is 12.8. The molecule has 2 rings (SSSR count). The van der Waals surface area contributed by atoms with Gasteiger partial charge in [0, 0.05) is 17.1 Å². The number of carbonyl (C=O) groups excluding carboxylic acids is 1. The van der Waals surface area contributed by atoms with Gasteiger partial charge in [-0.1, -0.05) is 4.49 Å². The normalized spacial score (nSPS) is 10.1. The van der Waals surface area contributed by atoms with Crippen LogP contribution in [0.5, 0.6) is 0 Å². The van der Waals surface area contributed by atoms with Gasteiger partial charge in [0.1, 0.15) is 10.8 Å². The van der Waals surface area contributed by atoms with Gasteiger partial charge < -0.3 is 5.32 Å². The molecule has 0 aliphatic rings. The molecular formula is C10H8FN3OS. The lowest BCUT2D eigenvalue weighted by atomic mass is 10.1. The number of amides is 1. The molecule has 4 nitrogen and oxygen atoms in total. The minimum absolute atomic E-state index is 0.288. The van der Waals surface area contributed by atoms with Gasteiger partial charge in [0.2, 0.25) is 0 Å². The molecule has 1 aromatic heterocycles. The molecule has 0 aliphatic carbocycles. The van der Waals surface area contributed by atoms with E-state index in [4.69, 9.17) is 0 Å². The van der Waals surface area contributed by atoms with Crippen LogP contribution in [0, 0.1) is 12.7 Å². The van der Waals surface area contributed by atoms with Crippen molar-refractivity contribution in [3.05, 3.63) is 41.3 Å². The van der Waals surface area contributed by atoms with E-state index in [1.807, 2.05) is 0 Å². The van der Waals surface area contributed by atoms with Crippen molar-refractivity contribution in [3.63, 3.8) is 0 Å². The molecule has 0 saturated carbocycles.